The lowest BCUT2D eigenvalue weighted by Gasteiger charge is -2.31. The van der Waals surface area contributed by atoms with Crippen molar-refractivity contribution in [3.05, 3.63) is 194 Å². The number of hydrogen-bond acceptors (Lipinski definition) is 4. The lowest BCUT2D eigenvalue weighted by molar-refractivity contribution is 1.41. The fraction of sp³-hybridized carbons (Fsp3) is 0. The summed E-state index contributed by atoms with van der Waals surface area (Å²) < 4.78 is 0. The molecule has 0 saturated carbocycles. The molecule has 56 heavy (non-hydrogen) atoms. The molecule has 0 fully saturated rings. The average Bonchev–Trinajstić information content (AvgIpc) is 3.25. The van der Waals surface area contributed by atoms with Crippen LogP contribution < -0.4 is 42.5 Å². The maximum Gasteiger partial charge on any atom is 0.0723 e. The van der Waals surface area contributed by atoms with Crippen LogP contribution in [0.1, 0.15) is 0 Å². The number of benzene rings is 8. The van der Waals surface area contributed by atoms with Crippen molar-refractivity contribution in [1.82, 2.24) is 9.97 Å². The number of anilines is 4. The maximum absolute atomic E-state index is 4.88. The molecule has 3 heterocycles. The van der Waals surface area contributed by atoms with Crippen LogP contribution in [0, 0.1) is 0 Å². The first-order valence-corrected chi connectivity index (χ1v) is 21.5. The van der Waals surface area contributed by atoms with Gasteiger partial charge in [-0.05, 0) is 109 Å². The standard InChI is InChI=1S/C50H34N4P2/c1-3-19-39(20-4-1)55-47-27-35-15-9-7-13-33(35)25-43(47)53-44-26-34-14-8-10-16-36(34)28-48(44)56(40-21-5-2-6-22-40)50-30-38-18-12-24-52-42(38)32-46(50)54-45-31-41-37(29-49(45)55)17-11-23-51-41/h1-32,53-54H. The molecule has 2 aromatic heterocycles. The van der Waals surface area contributed by atoms with Gasteiger partial charge >= 0.3 is 0 Å². The molecule has 6 heteroatoms. The molecule has 2 atom stereocenters. The van der Waals surface area contributed by atoms with Gasteiger partial charge in [0.25, 0.3) is 0 Å². The second-order valence-electron chi connectivity index (χ2n) is 14.2. The first kappa shape index (κ1) is 32.9. The van der Waals surface area contributed by atoms with Crippen LogP contribution in [0.3, 0.4) is 0 Å². The van der Waals surface area contributed by atoms with E-state index in [9.17, 15) is 0 Å². The van der Waals surface area contributed by atoms with E-state index < -0.39 is 15.8 Å². The fourth-order valence-corrected chi connectivity index (χ4v) is 13.2. The maximum atomic E-state index is 4.88. The van der Waals surface area contributed by atoms with Crippen molar-refractivity contribution < 1.29 is 0 Å². The van der Waals surface area contributed by atoms with Crippen LogP contribution in [0.5, 0.6) is 0 Å². The molecular formula is C50H34N4P2. The Labute approximate surface area is 327 Å². The van der Waals surface area contributed by atoms with Crippen LogP contribution in [0.25, 0.3) is 43.4 Å². The second-order valence-corrected chi connectivity index (χ2v) is 18.5. The van der Waals surface area contributed by atoms with E-state index in [-0.39, 0.29) is 0 Å². The van der Waals surface area contributed by atoms with Gasteiger partial charge in [-0.1, -0.05) is 121 Å². The summed E-state index contributed by atoms with van der Waals surface area (Å²) in [7, 11) is -2.21. The normalized spacial score (nSPS) is 15.1. The Kier molecular flexibility index (Phi) is 8.06. The Morgan fingerprint density at radius 2 is 0.625 bits per heavy atom. The van der Waals surface area contributed by atoms with Gasteiger partial charge in [-0.2, -0.15) is 0 Å². The Bertz CT molecular complexity index is 2730. The van der Waals surface area contributed by atoms with Crippen LogP contribution in [0.4, 0.5) is 22.7 Å². The SMILES string of the molecule is c1ccc(P2c3cc4ccccc4cc3Nc3cc4ccccc4cc3P(c3ccccc3)c3cc4cccnc4cc3Nc3cc4ncccc4cc32)cc1. The number of fused-ring (bicyclic) bond motifs is 8. The second kappa shape index (κ2) is 13.7. The Hall–Kier alpha value is -6.44. The summed E-state index contributed by atoms with van der Waals surface area (Å²) in [5, 5.41) is 22.9. The lowest BCUT2D eigenvalue weighted by atomic mass is 10.1. The molecule has 8 aromatic carbocycles. The van der Waals surface area contributed by atoms with Crippen LogP contribution in [-0.4, -0.2) is 9.97 Å². The third kappa shape index (κ3) is 5.78. The largest absolute Gasteiger partial charge is 0.354 e. The van der Waals surface area contributed by atoms with Crippen LogP contribution in [0.15, 0.2) is 194 Å². The number of hydrogen-bond donors (Lipinski definition) is 2. The van der Waals surface area contributed by atoms with Crippen molar-refractivity contribution in [3.63, 3.8) is 0 Å². The Balaban J connectivity index is 1.31. The van der Waals surface area contributed by atoms with Crippen molar-refractivity contribution in [2.45, 2.75) is 0 Å². The van der Waals surface area contributed by atoms with Crippen LogP contribution in [0.2, 0.25) is 0 Å². The van der Waals surface area contributed by atoms with Crippen molar-refractivity contribution in [3.8, 4) is 0 Å². The third-order valence-electron chi connectivity index (χ3n) is 10.7. The smallest absolute Gasteiger partial charge is 0.0723 e. The van der Waals surface area contributed by atoms with Gasteiger partial charge in [-0.25, -0.2) is 0 Å². The van der Waals surface area contributed by atoms with Gasteiger partial charge in [0.15, 0.2) is 0 Å². The summed E-state index contributed by atoms with van der Waals surface area (Å²) in [4.78, 5) is 9.75. The highest BCUT2D eigenvalue weighted by Crippen LogP contribution is 2.46. The number of aromatic nitrogens is 2. The predicted molar refractivity (Wildman–Crippen MR) is 242 cm³/mol. The van der Waals surface area contributed by atoms with Gasteiger partial charge in [0, 0.05) is 67.1 Å². The molecule has 0 aliphatic carbocycles. The summed E-state index contributed by atoms with van der Waals surface area (Å²) in [6.45, 7) is 0. The van der Waals surface area contributed by atoms with Gasteiger partial charge in [-0.15, -0.1) is 0 Å². The molecule has 4 nitrogen and oxygen atoms in total. The van der Waals surface area contributed by atoms with Gasteiger partial charge in [0.2, 0.25) is 0 Å². The summed E-state index contributed by atoms with van der Waals surface area (Å²) in [5.74, 6) is 0. The minimum atomic E-state index is -1.10. The molecule has 0 amide bonds. The Morgan fingerprint density at radius 3 is 1.04 bits per heavy atom. The summed E-state index contributed by atoms with van der Waals surface area (Å²) >= 11 is 0. The lowest BCUT2D eigenvalue weighted by Crippen LogP contribution is -2.29. The average molecular weight is 753 g/mol. The van der Waals surface area contributed by atoms with Gasteiger partial charge in [-0.3, -0.25) is 9.97 Å². The van der Waals surface area contributed by atoms with E-state index in [1.54, 1.807) is 0 Å². The van der Waals surface area contributed by atoms with Crippen LogP contribution >= 0.6 is 15.8 Å². The van der Waals surface area contributed by atoms with E-state index in [1.807, 2.05) is 24.5 Å². The highest BCUT2D eigenvalue weighted by molar-refractivity contribution is 7.81. The molecule has 2 N–H and O–H groups in total. The predicted octanol–water partition coefficient (Wildman–Crippen LogP) is 10.4. The zero-order valence-corrected chi connectivity index (χ0v) is 32.1. The molecule has 10 aromatic rings. The topological polar surface area (TPSA) is 49.8 Å². The fourth-order valence-electron chi connectivity index (χ4n) is 8.07. The van der Waals surface area contributed by atoms with E-state index in [0.29, 0.717) is 0 Å². The Morgan fingerprint density at radius 1 is 0.304 bits per heavy atom. The molecule has 1 aliphatic heterocycles. The number of nitrogens with one attached hydrogen (secondary N) is 2. The number of rotatable bonds is 2. The molecule has 0 bridgehead atoms. The van der Waals surface area contributed by atoms with Crippen molar-refractivity contribution >= 4 is 114 Å². The van der Waals surface area contributed by atoms with E-state index in [1.165, 1.54) is 53.4 Å². The molecule has 0 radical (unpaired) electrons. The van der Waals surface area contributed by atoms with E-state index >= 15 is 0 Å². The highest BCUT2D eigenvalue weighted by Gasteiger charge is 2.29. The molecule has 2 unspecified atom stereocenters. The van der Waals surface area contributed by atoms with E-state index in [4.69, 9.17) is 9.97 Å². The monoisotopic (exact) mass is 752 g/mol. The molecule has 0 spiro atoms. The van der Waals surface area contributed by atoms with Crippen molar-refractivity contribution in [2.75, 3.05) is 10.6 Å². The first-order valence-electron chi connectivity index (χ1n) is 18.8. The zero-order valence-electron chi connectivity index (χ0n) is 30.3. The minimum absolute atomic E-state index is 0.952. The van der Waals surface area contributed by atoms with Crippen molar-refractivity contribution in [1.29, 1.82) is 0 Å². The van der Waals surface area contributed by atoms with Gasteiger partial charge < -0.3 is 10.6 Å². The first-order chi connectivity index (χ1) is 27.7. The summed E-state index contributed by atoms with van der Waals surface area (Å²) in [6, 6.07) is 66.7. The summed E-state index contributed by atoms with van der Waals surface area (Å²) in [6.07, 6.45) is 3.77. The van der Waals surface area contributed by atoms with Gasteiger partial charge in [0.05, 0.1) is 11.0 Å². The molecule has 11 rings (SSSR count). The van der Waals surface area contributed by atoms with E-state index in [2.05, 4.69) is 180 Å². The number of nitrogens with zero attached hydrogens (tertiary/aromatic N) is 2. The van der Waals surface area contributed by atoms with Gasteiger partial charge in [0.1, 0.15) is 0 Å². The van der Waals surface area contributed by atoms with Crippen molar-refractivity contribution in [2.24, 2.45) is 0 Å². The van der Waals surface area contributed by atoms with E-state index in [0.717, 1.165) is 44.6 Å². The zero-order chi connectivity index (χ0) is 37.0. The molecule has 1 aliphatic rings. The quantitative estimate of drug-likeness (QED) is 0.173. The molecular weight excluding hydrogens is 719 g/mol. The third-order valence-corrected chi connectivity index (χ3v) is 15.7. The number of pyridine rings is 2. The molecule has 0 saturated heterocycles. The molecule has 264 valence electrons. The summed E-state index contributed by atoms with van der Waals surface area (Å²) in [5.41, 5.74) is 6.22. The van der Waals surface area contributed by atoms with Crippen LogP contribution in [-0.2, 0) is 0 Å². The highest BCUT2D eigenvalue weighted by atomic mass is 31.1. The minimum Gasteiger partial charge on any atom is -0.354 e.